The van der Waals surface area contributed by atoms with Gasteiger partial charge in [0.1, 0.15) is 5.69 Å². The second kappa shape index (κ2) is 8.39. The van der Waals surface area contributed by atoms with Gasteiger partial charge in [0.2, 0.25) is 17.8 Å². The smallest absolute Gasteiger partial charge is 0.232 e. The molecule has 0 radical (unpaired) electrons. The Morgan fingerprint density at radius 1 is 0.966 bits per heavy atom. The number of sulfone groups is 1. The zero-order valence-electron chi connectivity index (χ0n) is 16.5. The average Bonchev–Trinajstić information content (AvgIpc) is 2.67. The Morgan fingerprint density at radius 3 is 2.38 bits per heavy atom. The van der Waals surface area contributed by atoms with E-state index < -0.39 is 9.84 Å². The summed E-state index contributed by atoms with van der Waals surface area (Å²) in [6.07, 6.45) is 1.16. The van der Waals surface area contributed by atoms with Crippen LogP contribution in [0, 0.1) is 0 Å². The molecule has 0 fully saturated rings. The van der Waals surface area contributed by atoms with Crippen LogP contribution in [0.3, 0.4) is 0 Å². The molecule has 29 heavy (non-hydrogen) atoms. The number of nitrogens with zero attached hydrogens (tertiary/aromatic N) is 4. The highest BCUT2D eigenvalue weighted by Crippen LogP contribution is 2.22. The highest BCUT2D eigenvalue weighted by Gasteiger charge is 2.13. The molecule has 0 saturated carbocycles. The quantitative estimate of drug-likeness (QED) is 0.601. The Hall–Kier alpha value is -3.27. The SMILES string of the molecule is COc1cccc(-c2nc(Nc3cccc(S(C)(=O)=O)c3)nc(NC(C)C)n2)n1. The van der Waals surface area contributed by atoms with Gasteiger partial charge in [0.25, 0.3) is 0 Å². The Morgan fingerprint density at radius 2 is 1.69 bits per heavy atom. The van der Waals surface area contributed by atoms with Crippen LogP contribution >= 0.6 is 0 Å². The van der Waals surface area contributed by atoms with E-state index in [0.29, 0.717) is 29.0 Å². The molecule has 9 nitrogen and oxygen atoms in total. The minimum absolute atomic E-state index is 0.102. The summed E-state index contributed by atoms with van der Waals surface area (Å²) in [6, 6.07) is 11.8. The van der Waals surface area contributed by atoms with Gasteiger partial charge in [-0.25, -0.2) is 13.4 Å². The molecule has 0 spiro atoms. The largest absolute Gasteiger partial charge is 0.481 e. The third kappa shape index (κ3) is 5.38. The second-order valence-electron chi connectivity index (χ2n) is 6.60. The molecule has 2 aromatic heterocycles. The number of pyridine rings is 1. The number of methoxy groups -OCH3 is 1. The summed E-state index contributed by atoms with van der Waals surface area (Å²) in [5.74, 6) is 1.42. The monoisotopic (exact) mass is 414 g/mol. The maximum Gasteiger partial charge on any atom is 0.232 e. The van der Waals surface area contributed by atoms with E-state index in [1.165, 1.54) is 19.2 Å². The lowest BCUT2D eigenvalue weighted by Crippen LogP contribution is -2.14. The van der Waals surface area contributed by atoms with Crippen LogP contribution in [0.2, 0.25) is 0 Å². The van der Waals surface area contributed by atoms with Crippen LogP contribution in [0.25, 0.3) is 11.5 Å². The Labute approximate surface area is 169 Å². The maximum absolute atomic E-state index is 11.8. The molecule has 0 saturated heterocycles. The molecule has 1 aromatic carbocycles. The third-order valence-corrected chi connectivity index (χ3v) is 4.84. The van der Waals surface area contributed by atoms with Crippen LogP contribution < -0.4 is 15.4 Å². The summed E-state index contributed by atoms with van der Waals surface area (Å²) in [6.45, 7) is 3.94. The molecule has 0 aliphatic heterocycles. The van der Waals surface area contributed by atoms with E-state index in [1.54, 1.807) is 30.3 Å². The molecule has 2 heterocycles. The lowest BCUT2D eigenvalue weighted by molar-refractivity contribution is 0.398. The van der Waals surface area contributed by atoms with Crippen LogP contribution in [-0.4, -0.2) is 47.8 Å². The summed E-state index contributed by atoms with van der Waals surface area (Å²) in [5.41, 5.74) is 1.06. The summed E-state index contributed by atoms with van der Waals surface area (Å²) in [4.78, 5) is 17.8. The maximum atomic E-state index is 11.8. The van der Waals surface area contributed by atoms with Crippen molar-refractivity contribution < 1.29 is 13.2 Å². The van der Waals surface area contributed by atoms with Gasteiger partial charge in [-0.1, -0.05) is 12.1 Å². The molecule has 10 heteroatoms. The number of anilines is 3. The van der Waals surface area contributed by atoms with Gasteiger partial charge in [0, 0.05) is 24.1 Å². The van der Waals surface area contributed by atoms with E-state index in [9.17, 15) is 8.42 Å². The number of hydrogen-bond acceptors (Lipinski definition) is 9. The lowest BCUT2D eigenvalue weighted by atomic mass is 10.3. The van der Waals surface area contributed by atoms with Crippen molar-refractivity contribution in [3.8, 4) is 17.4 Å². The first kappa shape index (κ1) is 20.5. The lowest BCUT2D eigenvalue weighted by Gasteiger charge is -2.12. The second-order valence-corrected chi connectivity index (χ2v) is 8.61. The molecule has 3 aromatic rings. The molecule has 0 atom stereocenters. The molecule has 152 valence electrons. The van der Waals surface area contributed by atoms with Crippen molar-refractivity contribution in [3.05, 3.63) is 42.5 Å². The average molecular weight is 414 g/mol. The highest BCUT2D eigenvalue weighted by molar-refractivity contribution is 7.90. The van der Waals surface area contributed by atoms with Gasteiger partial charge >= 0.3 is 0 Å². The van der Waals surface area contributed by atoms with Crippen LogP contribution in [0.5, 0.6) is 5.88 Å². The molecule has 3 rings (SSSR count). The van der Waals surface area contributed by atoms with Crippen molar-refractivity contribution in [2.24, 2.45) is 0 Å². The van der Waals surface area contributed by atoms with E-state index in [-0.39, 0.29) is 16.9 Å². The third-order valence-electron chi connectivity index (χ3n) is 3.73. The summed E-state index contributed by atoms with van der Waals surface area (Å²) in [7, 11) is -1.80. The Bertz CT molecular complexity index is 1120. The molecular weight excluding hydrogens is 392 g/mol. The van der Waals surface area contributed by atoms with E-state index in [4.69, 9.17) is 4.74 Å². The van der Waals surface area contributed by atoms with Crippen LogP contribution in [0.4, 0.5) is 17.6 Å². The predicted octanol–water partition coefficient (Wildman–Crippen LogP) is 2.91. The molecule has 0 bridgehead atoms. The standard InChI is InChI=1S/C19H22N6O3S/c1-12(2)20-18-23-17(15-9-6-10-16(22-15)28-3)24-19(25-18)21-13-7-5-8-14(11-13)29(4,26)27/h5-12H,1-4H3,(H2,20,21,23,24,25). The van der Waals surface area contributed by atoms with Gasteiger partial charge in [-0.2, -0.15) is 15.0 Å². The molecule has 0 unspecified atom stereocenters. The fourth-order valence-corrected chi connectivity index (χ4v) is 3.12. The molecule has 0 amide bonds. The summed E-state index contributed by atoms with van der Waals surface area (Å²) < 4.78 is 28.8. The minimum Gasteiger partial charge on any atom is -0.481 e. The zero-order chi connectivity index (χ0) is 21.0. The Balaban J connectivity index is 2.02. The van der Waals surface area contributed by atoms with Crippen molar-refractivity contribution in [3.63, 3.8) is 0 Å². The van der Waals surface area contributed by atoms with Crippen molar-refractivity contribution in [2.75, 3.05) is 24.0 Å². The van der Waals surface area contributed by atoms with Crippen molar-refractivity contribution in [1.29, 1.82) is 0 Å². The van der Waals surface area contributed by atoms with E-state index in [1.807, 2.05) is 13.8 Å². The number of ether oxygens (including phenoxy) is 1. The number of hydrogen-bond donors (Lipinski definition) is 2. The van der Waals surface area contributed by atoms with Gasteiger partial charge in [0.05, 0.1) is 12.0 Å². The topological polar surface area (TPSA) is 119 Å². The van der Waals surface area contributed by atoms with Gasteiger partial charge in [-0.05, 0) is 38.1 Å². The minimum atomic E-state index is -3.33. The number of aromatic nitrogens is 4. The van der Waals surface area contributed by atoms with Gasteiger partial charge in [-0.15, -0.1) is 0 Å². The van der Waals surface area contributed by atoms with Crippen molar-refractivity contribution in [1.82, 2.24) is 19.9 Å². The predicted molar refractivity (Wildman–Crippen MR) is 111 cm³/mol. The van der Waals surface area contributed by atoms with E-state index in [2.05, 4.69) is 30.6 Å². The fraction of sp³-hybridized carbons (Fsp3) is 0.263. The van der Waals surface area contributed by atoms with E-state index in [0.717, 1.165) is 6.26 Å². The van der Waals surface area contributed by atoms with Gasteiger partial charge < -0.3 is 15.4 Å². The molecule has 0 aliphatic carbocycles. The number of benzene rings is 1. The van der Waals surface area contributed by atoms with E-state index >= 15 is 0 Å². The fourth-order valence-electron chi connectivity index (χ4n) is 2.46. The molecular formula is C19H22N6O3S. The van der Waals surface area contributed by atoms with Gasteiger partial charge in [-0.3, -0.25) is 0 Å². The van der Waals surface area contributed by atoms with Gasteiger partial charge in [0.15, 0.2) is 15.7 Å². The number of nitrogens with one attached hydrogen (secondary N) is 2. The van der Waals surface area contributed by atoms with Crippen LogP contribution in [0.1, 0.15) is 13.8 Å². The number of rotatable bonds is 7. The van der Waals surface area contributed by atoms with Crippen LogP contribution in [-0.2, 0) is 9.84 Å². The summed E-state index contributed by atoms with van der Waals surface area (Å²) in [5, 5.41) is 6.19. The Kier molecular flexibility index (Phi) is 5.92. The van der Waals surface area contributed by atoms with Crippen molar-refractivity contribution in [2.45, 2.75) is 24.8 Å². The first-order valence-electron chi connectivity index (χ1n) is 8.86. The normalized spacial score (nSPS) is 11.3. The van der Waals surface area contributed by atoms with Crippen LogP contribution in [0.15, 0.2) is 47.4 Å². The first-order chi connectivity index (χ1) is 13.7. The highest BCUT2D eigenvalue weighted by atomic mass is 32.2. The first-order valence-corrected chi connectivity index (χ1v) is 10.7. The van der Waals surface area contributed by atoms with Crippen molar-refractivity contribution >= 4 is 27.4 Å². The zero-order valence-corrected chi connectivity index (χ0v) is 17.4. The summed E-state index contributed by atoms with van der Waals surface area (Å²) >= 11 is 0. The molecule has 0 aliphatic rings. The molecule has 2 N–H and O–H groups in total.